The molecule has 1 heterocycles. The summed E-state index contributed by atoms with van der Waals surface area (Å²) in [5.41, 5.74) is 0.852. The first kappa shape index (κ1) is 18.6. The smallest absolute Gasteiger partial charge is 0.321 e. The number of hydrogen-bond acceptors (Lipinski definition) is 6. The number of carbonyl (C=O) groups excluding carboxylic acids is 1. The summed E-state index contributed by atoms with van der Waals surface area (Å²) < 4.78 is 31.6. The van der Waals surface area contributed by atoms with Crippen LogP contribution in [0.4, 0.5) is 0 Å². The fraction of sp³-hybridized carbons (Fsp3) is 0.235. The molecular weight excluding hydrogens is 342 g/mol. The molecule has 0 saturated heterocycles. The Balaban J connectivity index is 2.34. The van der Waals surface area contributed by atoms with Gasteiger partial charge in [-0.25, -0.2) is 8.42 Å². The van der Waals surface area contributed by atoms with Crippen LogP contribution < -0.4 is 0 Å². The van der Waals surface area contributed by atoms with Crippen molar-refractivity contribution in [3.63, 3.8) is 0 Å². The van der Waals surface area contributed by atoms with Gasteiger partial charge < -0.3 is 4.74 Å². The van der Waals surface area contributed by atoms with E-state index in [0.717, 1.165) is 4.31 Å². The highest BCUT2D eigenvalue weighted by molar-refractivity contribution is 7.89. The molecule has 25 heavy (non-hydrogen) atoms. The molecule has 0 aliphatic carbocycles. The second-order valence-corrected chi connectivity index (χ2v) is 6.97. The molecule has 0 bridgehead atoms. The Kier molecular flexibility index (Phi) is 6.22. The van der Waals surface area contributed by atoms with Crippen LogP contribution in [-0.4, -0.2) is 36.8 Å². The lowest BCUT2D eigenvalue weighted by molar-refractivity contribution is -0.143. The van der Waals surface area contributed by atoms with E-state index in [0.29, 0.717) is 11.3 Å². The Morgan fingerprint density at radius 2 is 1.96 bits per heavy atom. The lowest BCUT2D eigenvalue weighted by Gasteiger charge is -2.21. The Morgan fingerprint density at radius 3 is 2.52 bits per heavy atom. The molecule has 0 saturated carbocycles. The highest BCUT2D eigenvalue weighted by Gasteiger charge is 2.27. The Hall–Kier alpha value is -2.76. The first-order valence-electron chi connectivity index (χ1n) is 7.53. The van der Waals surface area contributed by atoms with Gasteiger partial charge in [-0.15, -0.1) is 0 Å². The quantitative estimate of drug-likeness (QED) is 0.698. The first-order chi connectivity index (χ1) is 12.0. The van der Waals surface area contributed by atoms with Crippen molar-refractivity contribution in [2.45, 2.75) is 18.4 Å². The van der Waals surface area contributed by atoms with Crippen LogP contribution in [0.3, 0.4) is 0 Å². The van der Waals surface area contributed by atoms with Crippen molar-refractivity contribution in [1.29, 1.82) is 5.26 Å². The van der Waals surface area contributed by atoms with Gasteiger partial charge in [-0.2, -0.15) is 9.57 Å². The van der Waals surface area contributed by atoms with Gasteiger partial charge in [0.2, 0.25) is 10.0 Å². The minimum Gasteiger partial charge on any atom is -0.465 e. The number of esters is 1. The normalized spacial score (nSPS) is 11.1. The van der Waals surface area contributed by atoms with E-state index in [-0.39, 0.29) is 18.0 Å². The molecule has 0 N–H and O–H groups in total. The summed E-state index contributed by atoms with van der Waals surface area (Å²) in [6.45, 7) is 1.32. The highest BCUT2D eigenvalue weighted by Crippen LogP contribution is 2.18. The molecule has 130 valence electrons. The molecule has 0 fully saturated rings. The maximum atomic E-state index is 12.9. The van der Waals surface area contributed by atoms with Gasteiger partial charge in [0.05, 0.1) is 35.4 Å². The molecule has 8 heteroatoms. The standard InChI is InChI=1S/C17H17N3O4S/c1-2-24-17(21)13-20(12-15-5-3-4-10-19-15)25(22,23)16-8-6-14(11-18)7-9-16/h3-10H,2,12-13H2,1H3. The Labute approximate surface area is 146 Å². The van der Waals surface area contributed by atoms with Gasteiger partial charge in [-0.05, 0) is 43.3 Å². The summed E-state index contributed by atoms with van der Waals surface area (Å²) >= 11 is 0. The first-order valence-corrected chi connectivity index (χ1v) is 8.97. The number of pyridine rings is 1. The number of nitrogens with zero attached hydrogens (tertiary/aromatic N) is 3. The molecule has 0 radical (unpaired) electrons. The van der Waals surface area contributed by atoms with Crippen molar-refractivity contribution in [3.8, 4) is 6.07 Å². The zero-order valence-corrected chi connectivity index (χ0v) is 14.4. The molecule has 1 aromatic carbocycles. The van der Waals surface area contributed by atoms with Crippen molar-refractivity contribution in [2.75, 3.05) is 13.2 Å². The average molecular weight is 359 g/mol. The van der Waals surface area contributed by atoms with Crippen molar-refractivity contribution in [1.82, 2.24) is 9.29 Å². The van der Waals surface area contributed by atoms with Crippen LogP contribution in [0.15, 0.2) is 53.6 Å². The molecule has 0 aliphatic heterocycles. The summed E-state index contributed by atoms with van der Waals surface area (Å²) in [5.74, 6) is -0.643. The third kappa shape index (κ3) is 4.86. The molecule has 0 unspecified atom stereocenters. The summed E-state index contributed by atoms with van der Waals surface area (Å²) in [5, 5.41) is 8.83. The van der Waals surface area contributed by atoms with Crippen LogP contribution in [0.5, 0.6) is 0 Å². The van der Waals surface area contributed by atoms with E-state index in [4.69, 9.17) is 10.00 Å². The molecule has 1 aromatic heterocycles. The van der Waals surface area contributed by atoms with Crippen LogP contribution >= 0.6 is 0 Å². The highest BCUT2D eigenvalue weighted by atomic mass is 32.2. The average Bonchev–Trinajstić information content (AvgIpc) is 2.62. The minimum atomic E-state index is -3.95. The number of sulfonamides is 1. The van der Waals surface area contributed by atoms with E-state index >= 15 is 0 Å². The van der Waals surface area contributed by atoms with Crippen molar-refractivity contribution < 1.29 is 17.9 Å². The summed E-state index contributed by atoms with van der Waals surface area (Å²) in [7, 11) is -3.95. The number of carbonyl (C=O) groups is 1. The number of ether oxygens (including phenoxy) is 1. The van der Waals surface area contributed by atoms with E-state index in [1.165, 1.54) is 24.3 Å². The van der Waals surface area contributed by atoms with Gasteiger partial charge in [0, 0.05) is 6.20 Å². The van der Waals surface area contributed by atoms with Gasteiger partial charge in [0.25, 0.3) is 0 Å². The van der Waals surface area contributed by atoms with Gasteiger partial charge in [0.1, 0.15) is 6.54 Å². The predicted octanol–water partition coefficient (Wildman–Crippen LogP) is 1.71. The summed E-state index contributed by atoms with van der Waals surface area (Å²) in [4.78, 5) is 15.9. The van der Waals surface area contributed by atoms with Gasteiger partial charge >= 0.3 is 5.97 Å². The second kappa shape index (κ2) is 8.37. The topological polar surface area (TPSA) is 100 Å². The maximum absolute atomic E-state index is 12.9. The van der Waals surface area contributed by atoms with Crippen LogP contribution in [-0.2, 0) is 26.1 Å². The number of nitriles is 1. The third-order valence-corrected chi connectivity index (χ3v) is 5.10. The Morgan fingerprint density at radius 1 is 1.24 bits per heavy atom. The lowest BCUT2D eigenvalue weighted by atomic mass is 10.2. The van der Waals surface area contributed by atoms with Crippen molar-refractivity contribution in [3.05, 3.63) is 59.9 Å². The molecule has 0 spiro atoms. The number of aromatic nitrogens is 1. The zero-order chi connectivity index (χ0) is 18.3. The van der Waals surface area contributed by atoms with E-state index in [1.54, 1.807) is 31.3 Å². The number of benzene rings is 1. The molecule has 0 amide bonds. The second-order valence-electron chi connectivity index (χ2n) is 5.04. The van der Waals surface area contributed by atoms with Crippen molar-refractivity contribution in [2.24, 2.45) is 0 Å². The molecule has 0 aliphatic rings. The van der Waals surface area contributed by atoms with Crippen molar-refractivity contribution >= 4 is 16.0 Å². The zero-order valence-electron chi connectivity index (χ0n) is 13.6. The lowest BCUT2D eigenvalue weighted by Crippen LogP contribution is -2.36. The monoisotopic (exact) mass is 359 g/mol. The van der Waals surface area contributed by atoms with Gasteiger partial charge in [0.15, 0.2) is 0 Å². The number of rotatable bonds is 7. The molecular formula is C17H17N3O4S. The van der Waals surface area contributed by atoms with Crippen LogP contribution in [0.1, 0.15) is 18.2 Å². The maximum Gasteiger partial charge on any atom is 0.321 e. The summed E-state index contributed by atoms with van der Waals surface area (Å²) in [6, 6.07) is 12.6. The molecule has 0 atom stereocenters. The molecule has 2 rings (SSSR count). The molecule has 7 nitrogen and oxygen atoms in total. The largest absolute Gasteiger partial charge is 0.465 e. The fourth-order valence-corrected chi connectivity index (χ4v) is 3.46. The summed E-state index contributed by atoms with van der Waals surface area (Å²) in [6.07, 6.45) is 1.55. The van der Waals surface area contributed by atoms with E-state index in [9.17, 15) is 13.2 Å². The third-order valence-electron chi connectivity index (χ3n) is 3.30. The Bertz CT molecular complexity index is 859. The van der Waals surface area contributed by atoms with E-state index in [1.807, 2.05) is 6.07 Å². The van der Waals surface area contributed by atoms with Crippen LogP contribution in [0.2, 0.25) is 0 Å². The SMILES string of the molecule is CCOC(=O)CN(Cc1ccccn1)S(=O)(=O)c1ccc(C#N)cc1. The molecule has 2 aromatic rings. The minimum absolute atomic E-state index is 0.00766. The van der Waals surface area contributed by atoms with Crippen LogP contribution in [0.25, 0.3) is 0 Å². The van der Waals surface area contributed by atoms with E-state index in [2.05, 4.69) is 4.98 Å². The fourth-order valence-electron chi connectivity index (χ4n) is 2.10. The number of hydrogen-bond donors (Lipinski definition) is 0. The predicted molar refractivity (Wildman–Crippen MR) is 89.6 cm³/mol. The van der Waals surface area contributed by atoms with Gasteiger partial charge in [-0.3, -0.25) is 9.78 Å². The van der Waals surface area contributed by atoms with Crippen LogP contribution in [0, 0.1) is 11.3 Å². The van der Waals surface area contributed by atoms with Gasteiger partial charge in [-0.1, -0.05) is 6.07 Å². The van der Waals surface area contributed by atoms with E-state index < -0.39 is 22.5 Å².